The fourth-order valence-electron chi connectivity index (χ4n) is 2.26. The van der Waals surface area contributed by atoms with Gasteiger partial charge >= 0.3 is 0 Å². The Bertz CT molecular complexity index is 552. The number of nitrogens with two attached hydrogens (primary N) is 1. The van der Waals surface area contributed by atoms with E-state index in [0.717, 1.165) is 28.9 Å². The molecule has 0 aliphatic carbocycles. The SMILES string of the molecule is Cc1cccc(CC(C)N)c1OCOCc1ccccc1. The van der Waals surface area contributed by atoms with E-state index in [0.29, 0.717) is 6.61 Å². The lowest BCUT2D eigenvalue weighted by Crippen LogP contribution is -2.18. The standard InChI is InChI=1S/C18H23NO2/c1-14-7-6-10-17(11-15(2)19)18(14)21-13-20-12-16-8-4-3-5-9-16/h3-10,15H,11-13,19H2,1-2H3. The smallest absolute Gasteiger partial charge is 0.189 e. The number of aryl methyl sites for hydroxylation is 1. The highest BCUT2D eigenvalue weighted by Crippen LogP contribution is 2.24. The molecule has 0 aliphatic rings. The molecule has 112 valence electrons. The number of hydrogen-bond acceptors (Lipinski definition) is 3. The van der Waals surface area contributed by atoms with E-state index in [1.54, 1.807) is 0 Å². The number of benzene rings is 2. The van der Waals surface area contributed by atoms with Gasteiger partial charge in [0, 0.05) is 6.04 Å². The van der Waals surface area contributed by atoms with Gasteiger partial charge in [-0.2, -0.15) is 0 Å². The largest absolute Gasteiger partial charge is 0.467 e. The van der Waals surface area contributed by atoms with Gasteiger partial charge in [0.25, 0.3) is 0 Å². The first-order chi connectivity index (χ1) is 10.2. The lowest BCUT2D eigenvalue weighted by Gasteiger charge is -2.15. The van der Waals surface area contributed by atoms with Gasteiger partial charge in [-0.3, -0.25) is 0 Å². The van der Waals surface area contributed by atoms with Crippen LogP contribution < -0.4 is 10.5 Å². The van der Waals surface area contributed by atoms with Crippen LogP contribution in [0.2, 0.25) is 0 Å². The van der Waals surface area contributed by atoms with Crippen LogP contribution in [0, 0.1) is 6.92 Å². The minimum atomic E-state index is 0.111. The summed E-state index contributed by atoms with van der Waals surface area (Å²) in [7, 11) is 0. The second-order valence-electron chi connectivity index (χ2n) is 5.34. The van der Waals surface area contributed by atoms with E-state index < -0.39 is 0 Å². The summed E-state index contributed by atoms with van der Waals surface area (Å²) in [5, 5.41) is 0. The summed E-state index contributed by atoms with van der Waals surface area (Å²) in [6.07, 6.45) is 0.801. The predicted molar refractivity (Wildman–Crippen MR) is 85.3 cm³/mol. The average Bonchev–Trinajstić information content (AvgIpc) is 2.46. The molecular formula is C18H23NO2. The molecule has 0 saturated heterocycles. The summed E-state index contributed by atoms with van der Waals surface area (Å²) in [4.78, 5) is 0. The van der Waals surface area contributed by atoms with Gasteiger partial charge in [0.1, 0.15) is 5.75 Å². The van der Waals surface area contributed by atoms with Gasteiger partial charge in [-0.15, -0.1) is 0 Å². The highest BCUT2D eigenvalue weighted by Gasteiger charge is 2.08. The summed E-state index contributed by atoms with van der Waals surface area (Å²) in [6.45, 7) is 4.83. The van der Waals surface area contributed by atoms with E-state index in [4.69, 9.17) is 15.2 Å². The Labute approximate surface area is 126 Å². The fourth-order valence-corrected chi connectivity index (χ4v) is 2.26. The van der Waals surface area contributed by atoms with Crippen molar-refractivity contribution in [1.82, 2.24) is 0 Å². The minimum absolute atomic E-state index is 0.111. The Morgan fingerprint density at radius 1 is 1.05 bits per heavy atom. The fraction of sp³-hybridized carbons (Fsp3) is 0.333. The van der Waals surface area contributed by atoms with Crippen LogP contribution in [0.3, 0.4) is 0 Å². The first-order valence-corrected chi connectivity index (χ1v) is 7.25. The molecule has 0 radical (unpaired) electrons. The lowest BCUT2D eigenvalue weighted by atomic mass is 10.0. The summed E-state index contributed by atoms with van der Waals surface area (Å²) in [5.74, 6) is 0.892. The minimum Gasteiger partial charge on any atom is -0.467 e. The van der Waals surface area contributed by atoms with Crippen LogP contribution in [0.4, 0.5) is 0 Å². The van der Waals surface area contributed by atoms with Crippen LogP contribution in [-0.4, -0.2) is 12.8 Å². The third-order valence-corrected chi connectivity index (χ3v) is 3.23. The van der Waals surface area contributed by atoms with Crippen LogP contribution in [0.25, 0.3) is 0 Å². The molecule has 0 heterocycles. The molecule has 0 aromatic heterocycles. The Morgan fingerprint density at radius 3 is 2.52 bits per heavy atom. The van der Waals surface area contributed by atoms with Gasteiger partial charge in [0.15, 0.2) is 6.79 Å². The summed E-state index contributed by atoms with van der Waals surface area (Å²) in [5.41, 5.74) is 9.27. The third-order valence-electron chi connectivity index (χ3n) is 3.23. The normalized spacial score (nSPS) is 12.1. The van der Waals surface area contributed by atoms with Crippen LogP contribution >= 0.6 is 0 Å². The van der Waals surface area contributed by atoms with Crippen molar-refractivity contribution in [1.29, 1.82) is 0 Å². The van der Waals surface area contributed by atoms with Crippen LogP contribution in [0.15, 0.2) is 48.5 Å². The molecule has 0 spiro atoms. The Kier molecular flexibility index (Phi) is 5.78. The molecule has 1 atom stereocenters. The quantitative estimate of drug-likeness (QED) is 0.626. The van der Waals surface area contributed by atoms with Crippen molar-refractivity contribution < 1.29 is 9.47 Å². The van der Waals surface area contributed by atoms with E-state index in [2.05, 4.69) is 6.07 Å². The molecule has 0 fully saturated rings. The first-order valence-electron chi connectivity index (χ1n) is 7.25. The van der Waals surface area contributed by atoms with Gasteiger partial charge in [-0.1, -0.05) is 48.5 Å². The molecule has 3 heteroatoms. The topological polar surface area (TPSA) is 44.5 Å². The number of rotatable bonds is 7. The molecule has 0 amide bonds. The van der Waals surface area contributed by atoms with Gasteiger partial charge in [-0.05, 0) is 37.0 Å². The van der Waals surface area contributed by atoms with Gasteiger partial charge in [0.2, 0.25) is 0 Å². The molecule has 0 bridgehead atoms. The molecule has 2 aromatic rings. The lowest BCUT2D eigenvalue weighted by molar-refractivity contribution is 0.00414. The van der Waals surface area contributed by atoms with Crippen molar-refractivity contribution in [3.8, 4) is 5.75 Å². The highest BCUT2D eigenvalue weighted by molar-refractivity contribution is 5.41. The zero-order chi connectivity index (χ0) is 15.1. The van der Waals surface area contributed by atoms with Gasteiger partial charge in [0.05, 0.1) is 6.61 Å². The maximum absolute atomic E-state index is 5.89. The first kappa shape index (κ1) is 15.5. The number of para-hydroxylation sites is 1. The Balaban J connectivity index is 1.90. The van der Waals surface area contributed by atoms with Crippen molar-refractivity contribution in [3.05, 3.63) is 65.2 Å². The van der Waals surface area contributed by atoms with Crippen LogP contribution in [0.1, 0.15) is 23.6 Å². The number of ether oxygens (including phenoxy) is 2. The van der Waals surface area contributed by atoms with Crippen molar-refractivity contribution in [2.24, 2.45) is 5.73 Å². The molecule has 0 aliphatic heterocycles. The van der Waals surface area contributed by atoms with Gasteiger partial charge < -0.3 is 15.2 Å². The average molecular weight is 285 g/mol. The Morgan fingerprint density at radius 2 is 1.81 bits per heavy atom. The van der Waals surface area contributed by atoms with E-state index in [1.807, 2.05) is 56.3 Å². The van der Waals surface area contributed by atoms with Gasteiger partial charge in [-0.25, -0.2) is 0 Å². The maximum atomic E-state index is 5.89. The van der Waals surface area contributed by atoms with Crippen molar-refractivity contribution in [2.45, 2.75) is 32.9 Å². The van der Waals surface area contributed by atoms with Crippen molar-refractivity contribution in [3.63, 3.8) is 0 Å². The summed E-state index contributed by atoms with van der Waals surface area (Å²) >= 11 is 0. The third kappa shape index (κ3) is 4.88. The molecule has 2 rings (SSSR count). The van der Waals surface area contributed by atoms with Crippen molar-refractivity contribution >= 4 is 0 Å². The summed E-state index contributed by atoms with van der Waals surface area (Å²) in [6, 6.07) is 16.3. The molecule has 2 aromatic carbocycles. The Hall–Kier alpha value is -1.84. The van der Waals surface area contributed by atoms with Crippen LogP contribution in [-0.2, 0) is 17.8 Å². The second kappa shape index (κ2) is 7.81. The number of hydrogen-bond donors (Lipinski definition) is 1. The van der Waals surface area contributed by atoms with E-state index in [1.165, 1.54) is 0 Å². The zero-order valence-electron chi connectivity index (χ0n) is 12.7. The van der Waals surface area contributed by atoms with Crippen LogP contribution in [0.5, 0.6) is 5.75 Å². The molecule has 1 unspecified atom stereocenters. The molecular weight excluding hydrogens is 262 g/mol. The molecule has 0 saturated carbocycles. The maximum Gasteiger partial charge on any atom is 0.189 e. The zero-order valence-corrected chi connectivity index (χ0v) is 12.7. The second-order valence-corrected chi connectivity index (χ2v) is 5.34. The highest BCUT2D eigenvalue weighted by atomic mass is 16.7. The summed E-state index contributed by atoms with van der Waals surface area (Å²) < 4.78 is 11.4. The van der Waals surface area contributed by atoms with Crippen molar-refractivity contribution in [2.75, 3.05) is 6.79 Å². The van der Waals surface area contributed by atoms with E-state index >= 15 is 0 Å². The van der Waals surface area contributed by atoms with E-state index in [-0.39, 0.29) is 12.8 Å². The van der Waals surface area contributed by atoms with E-state index in [9.17, 15) is 0 Å². The molecule has 3 nitrogen and oxygen atoms in total. The molecule has 21 heavy (non-hydrogen) atoms. The molecule has 2 N–H and O–H groups in total. The monoisotopic (exact) mass is 285 g/mol. The predicted octanol–water partition coefficient (Wildman–Crippen LogP) is 3.44.